The second-order valence-electron chi connectivity index (χ2n) is 4.34. The molecule has 19 heavy (non-hydrogen) atoms. The summed E-state index contributed by atoms with van der Waals surface area (Å²) < 4.78 is 4.71. The molecule has 0 N–H and O–H groups in total. The Morgan fingerprint density at radius 2 is 2.37 bits per heavy atom. The average Bonchev–Trinajstić information content (AvgIpc) is 2.81. The Hall–Kier alpha value is -1.82. The van der Waals surface area contributed by atoms with E-state index in [1.807, 2.05) is 6.07 Å². The normalized spacial score (nSPS) is 18.5. The number of rotatable bonds is 3. The van der Waals surface area contributed by atoms with Gasteiger partial charge in [0.2, 0.25) is 5.91 Å². The van der Waals surface area contributed by atoms with Crippen LogP contribution in [0.4, 0.5) is 0 Å². The molecule has 0 bridgehead atoms. The number of methoxy groups -OCH3 is 1. The van der Waals surface area contributed by atoms with E-state index < -0.39 is 12.0 Å². The van der Waals surface area contributed by atoms with Gasteiger partial charge in [-0.05, 0) is 11.6 Å². The Labute approximate surface area is 116 Å². The number of amides is 1. The van der Waals surface area contributed by atoms with E-state index in [-0.39, 0.29) is 12.3 Å². The van der Waals surface area contributed by atoms with Gasteiger partial charge >= 0.3 is 5.97 Å². The van der Waals surface area contributed by atoms with Gasteiger partial charge in [-0.1, -0.05) is 18.3 Å². The average molecular weight is 278 g/mol. The molecule has 6 heteroatoms. The fraction of sp³-hybridized carbons (Fsp3) is 0.385. The van der Waals surface area contributed by atoms with Crippen LogP contribution in [0.5, 0.6) is 0 Å². The maximum absolute atomic E-state index is 12.2. The van der Waals surface area contributed by atoms with Crippen molar-refractivity contribution >= 4 is 29.0 Å². The summed E-state index contributed by atoms with van der Waals surface area (Å²) in [6.45, 7) is 0.341. The Balaban J connectivity index is 2.09. The van der Waals surface area contributed by atoms with Gasteiger partial charge in [-0.3, -0.25) is 9.78 Å². The highest BCUT2D eigenvalue weighted by Crippen LogP contribution is 2.18. The van der Waals surface area contributed by atoms with E-state index in [0.717, 1.165) is 5.56 Å². The Morgan fingerprint density at radius 1 is 1.58 bits per heavy atom. The molecule has 1 amide bonds. The fourth-order valence-electron chi connectivity index (χ4n) is 2.08. The van der Waals surface area contributed by atoms with Crippen LogP contribution in [0.25, 0.3) is 0 Å². The van der Waals surface area contributed by atoms with E-state index in [1.165, 1.54) is 12.0 Å². The van der Waals surface area contributed by atoms with Gasteiger partial charge < -0.3 is 9.64 Å². The number of likely N-dealkylation sites (tertiary alicyclic amines) is 1. The zero-order chi connectivity index (χ0) is 13.8. The van der Waals surface area contributed by atoms with E-state index in [4.69, 9.17) is 17.0 Å². The quantitative estimate of drug-likeness (QED) is 0.604. The number of esters is 1. The summed E-state index contributed by atoms with van der Waals surface area (Å²) in [4.78, 5) is 30.0. The van der Waals surface area contributed by atoms with Crippen LogP contribution in [0, 0.1) is 0 Å². The van der Waals surface area contributed by atoms with E-state index >= 15 is 0 Å². The number of hydrogen-bond acceptors (Lipinski definition) is 5. The number of carbonyl (C=O) groups is 2. The molecule has 5 nitrogen and oxygen atoms in total. The standard InChI is InChI=1S/C13H14N2O3S/c1-18-13(17)11-6-10(19)8-15(11)12(16)5-9-3-2-4-14-7-9/h2-4,7,11H,5-6,8H2,1H3/t11-/m0/s1. The molecule has 2 rings (SSSR count). The topological polar surface area (TPSA) is 59.5 Å². The third-order valence-electron chi connectivity index (χ3n) is 3.02. The van der Waals surface area contributed by atoms with Crippen molar-refractivity contribution in [1.82, 2.24) is 9.88 Å². The second kappa shape index (κ2) is 5.88. The van der Waals surface area contributed by atoms with Crippen molar-refractivity contribution in [3.63, 3.8) is 0 Å². The Morgan fingerprint density at radius 3 is 3.00 bits per heavy atom. The molecule has 1 fully saturated rings. The molecule has 1 aliphatic rings. The van der Waals surface area contributed by atoms with Gasteiger partial charge in [0.1, 0.15) is 6.04 Å². The molecular weight excluding hydrogens is 264 g/mol. The first-order chi connectivity index (χ1) is 9.11. The van der Waals surface area contributed by atoms with Crippen LogP contribution in [-0.2, 0) is 20.7 Å². The molecule has 0 aromatic carbocycles. The molecule has 1 atom stereocenters. The van der Waals surface area contributed by atoms with Gasteiger partial charge in [0.05, 0.1) is 20.1 Å². The molecule has 0 spiro atoms. The second-order valence-corrected chi connectivity index (χ2v) is 4.92. The summed E-state index contributed by atoms with van der Waals surface area (Å²) in [7, 11) is 1.31. The van der Waals surface area contributed by atoms with Gasteiger partial charge in [0, 0.05) is 23.7 Å². The lowest BCUT2D eigenvalue weighted by Gasteiger charge is -2.22. The Kier molecular flexibility index (Phi) is 4.21. The minimum absolute atomic E-state index is 0.136. The lowest BCUT2D eigenvalue weighted by atomic mass is 10.1. The molecule has 100 valence electrons. The number of pyridine rings is 1. The summed E-state index contributed by atoms with van der Waals surface area (Å²) in [5.74, 6) is -0.553. The van der Waals surface area contributed by atoms with Crippen LogP contribution >= 0.6 is 12.2 Å². The number of nitrogens with zero attached hydrogens (tertiary/aromatic N) is 2. The molecule has 2 heterocycles. The minimum Gasteiger partial charge on any atom is -0.467 e. The third-order valence-corrected chi connectivity index (χ3v) is 3.31. The first kappa shape index (κ1) is 13.6. The van der Waals surface area contributed by atoms with Crippen molar-refractivity contribution in [2.24, 2.45) is 0 Å². The summed E-state index contributed by atoms with van der Waals surface area (Å²) in [5, 5.41) is 0. The highest BCUT2D eigenvalue weighted by molar-refractivity contribution is 7.80. The number of thiocarbonyl (C=S) groups is 1. The number of hydrogen-bond donors (Lipinski definition) is 0. The molecule has 0 unspecified atom stereocenters. The van der Waals surface area contributed by atoms with Gasteiger partial charge in [-0.2, -0.15) is 0 Å². The van der Waals surface area contributed by atoms with Crippen molar-refractivity contribution in [2.75, 3.05) is 13.7 Å². The molecule has 0 radical (unpaired) electrons. The minimum atomic E-state index is -0.582. The largest absolute Gasteiger partial charge is 0.467 e. The molecule has 0 saturated carbocycles. The molecule has 1 saturated heterocycles. The first-order valence-electron chi connectivity index (χ1n) is 5.89. The highest BCUT2D eigenvalue weighted by Gasteiger charge is 2.37. The fourth-order valence-corrected chi connectivity index (χ4v) is 2.37. The molecule has 1 aromatic heterocycles. The van der Waals surface area contributed by atoms with E-state index in [1.54, 1.807) is 18.5 Å². The summed E-state index contributed by atoms with van der Waals surface area (Å²) in [6.07, 6.45) is 3.90. The van der Waals surface area contributed by atoms with Gasteiger partial charge in [0.25, 0.3) is 0 Å². The van der Waals surface area contributed by atoms with Crippen LogP contribution < -0.4 is 0 Å². The van der Waals surface area contributed by atoms with Crippen LogP contribution in [0.2, 0.25) is 0 Å². The van der Waals surface area contributed by atoms with E-state index in [0.29, 0.717) is 17.8 Å². The smallest absolute Gasteiger partial charge is 0.328 e. The van der Waals surface area contributed by atoms with Crippen LogP contribution in [-0.4, -0.2) is 46.3 Å². The van der Waals surface area contributed by atoms with Crippen molar-refractivity contribution < 1.29 is 14.3 Å². The summed E-state index contributed by atoms with van der Waals surface area (Å²) >= 11 is 5.11. The van der Waals surface area contributed by atoms with Crippen molar-refractivity contribution in [2.45, 2.75) is 18.9 Å². The molecule has 1 aliphatic heterocycles. The maximum Gasteiger partial charge on any atom is 0.328 e. The Bertz CT molecular complexity index is 504. The predicted molar refractivity (Wildman–Crippen MR) is 72.7 cm³/mol. The maximum atomic E-state index is 12.2. The summed E-state index contributed by atoms with van der Waals surface area (Å²) in [6, 6.07) is 3.02. The van der Waals surface area contributed by atoms with E-state index in [9.17, 15) is 9.59 Å². The molecular formula is C13H14N2O3S. The highest BCUT2D eigenvalue weighted by atomic mass is 32.1. The zero-order valence-corrected chi connectivity index (χ0v) is 11.4. The predicted octanol–water partition coefficient (Wildman–Crippen LogP) is 0.768. The number of ether oxygens (including phenoxy) is 1. The van der Waals surface area contributed by atoms with Crippen molar-refractivity contribution in [3.05, 3.63) is 30.1 Å². The SMILES string of the molecule is COC(=O)[C@@H]1CC(=S)CN1C(=O)Cc1cccnc1. The third kappa shape index (κ3) is 3.14. The van der Waals surface area contributed by atoms with Crippen LogP contribution in [0.3, 0.4) is 0 Å². The summed E-state index contributed by atoms with van der Waals surface area (Å²) in [5.41, 5.74) is 0.814. The number of aromatic nitrogens is 1. The lowest BCUT2D eigenvalue weighted by molar-refractivity contribution is -0.150. The van der Waals surface area contributed by atoms with Crippen molar-refractivity contribution in [3.8, 4) is 0 Å². The van der Waals surface area contributed by atoms with Crippen LogP contribution in [0.15, 0.2) is 24.5 Å². The monoisotopic (exact) mass is 278 g/mol. The molecule has 1 aromatic rings. The zero-order valence-electron chi connectivity index (χ0n) is 10.5. The number of carbonyl (C=O) groups excluding carboxylic acids is 2. The van der Waals surface area contributed by atoms with Crippen molar-refractivity contribution in [1.29, 1.82) is 0 Å². The van der Waals surface area contributed by atoms with Gasteiger partial charge in [-0.25, -0.2) is 4.79 Å². The van der Waals surface area contributed by atoms with E-state index in [2.05, 4.69) is 4.98 Å². The van der Waals surface area contributed by atoms with Crippen LogP contribution in [0.1, 0.15) is 12.0 Å². The first-order valence-corrected chi connectivity index (χ1v) is 6.30. The lowest BCUT2D eigenvalue weighted by Crippen LogP contribution is -2.41. The van der Waals surface area contributed by atoms with Gasteiger partial charge in [-0.15, -0.1) is 0 Å². The molecule has 0 aliphatic carbocycles. The van der Waals surface area contributed by atoms with Gasteiger partial charge in [0.15, 0.2) is 0 Å².